The Kier molecular flexibility index (Phi) is 5.54. The highest BCUT2D eigenvalue weighted by Crippen LogP contribution is 2.15. The van der Waals surface area contributed by atoms with Gasteiger partial charge in [0.2, 0.25) is 5.89 Å². The Morgan fingerprint density at radius 1 is 1.26 bits per heavy atom. The predicted octanol–water partition coefficient (Wildman–Crippen LogP) is 3.06. The van der Waals surface area contributed by atoms with Gasteiger partial charge in [-0.25, -0.2) is 4.98 Å². The minimum Gasteiger partial charge on any atom is -0.464 e. The maximum atomic E-state index is 12.3. The normalized spacial score (nSPS) is 11.0. The van der Waals surface area contributed by atoms with Crippen molar-refractivity contribution in [2.24, 2.45) is 0 Å². The summed E-state index contributed by atoms with van der Waals surface area (Å²) in [5.41, 5.74) is 0.466. The van der Waals surface area contributed by atoms with Gasteiger partial charge in [-0.1, -0.05) is 19.0 Å². The molecular formula is C19H23N5O3. The van der Waals surface area contributed by atoms with Gasteiger partial charge in [0.15, 0.2) is 5.82 Å². The molecule has 3 aromatic heterocycles. The number of rotatable bonds is 7. The van der Waals surface area contributed by atoms with Gasteiger partial charge in [-0.2, -0.15) is 4.98 Å². The maximum Gasteiger partial charge on any atom is 0.253 e. The van der Waals surface area contributed by atoms with Crippen molar-refractivity contribution in [1.29, 1.82) is 0 Å². The topological polar surface area (TPSA) is 97.3 Å². The van der Waals surface area contributed by atoms with Crippen LogP contribution in [0, 0.1) is 6.92 Å². The molecule has 0 aliphatic rings. The van der Waals surface area contributed by atoms with Gasteiger partial charge >= 0.3 is 0 Å². The smallest absolute Gasteiger partial charge is 0.253 e. The molecule has 0 spiro atoms. The van der Waals surface area contributed by atoms with E-state index in [0.717, 1.165) is 17.3 Å². The zero-order valence-corrected chi connectivity index (χ0v) is 15.9. The van der Waals surface area contributed by atoms with E-state index in [0.29, 0.717) is 23.8 Å². The molecule has 8 nitrogen and oxygen atoms in total. The molecular weight excluding hydrogens is 346 g/mol. The first-order chi connectivity index (χ1) is 12.9. The van der Waals surface area contributed by atoms with Gasteiger partial charge in [0.25, 0.3) is 5.91 Å². The summed E-state index contributed by atoms with van der Waals surface area (Å²) in [6.45, 7) is 6.64. The predicted molar refractivity (Wildman–Crippen MR) is 99.3 cm³/mol. The average Bonchev–Trinajstić information content (AvgIpc) is 3.29. The number of nitrogens with zero attached hydrogens (tertiary/aromatic N) is 4. The zero-order valence-electron chi connectivity index (χ0n) is 15.9. The van der Waals surface area contributed by atoms with E-state index >= 15 is 0 Å². The second-order valence-corrected chi connectivity index (χ2v) is 6.66. The summed E-state index contributed by atoms with van der Waals surface area (Å²) in [6, 6.07) is 7.40. The highest BCUT2D eigenvalue weighted by molar-refractivity contribution is 5.93. The van der Waals surface area contributed by atoms with Crippen LogP contribution in [0.4, 0.5) is 5.82 Å². The first-order valence-electron chi connectivity index (χ1n) is 8.75. The van der Waals surface area contributed by atoms with E-state index < -0.39 is 0 Å². The Bertz CT molecular complexity index is 898. The largest absolute Gasteiger partial charge is 0.464 e. The third-order valence-electron chi connectivity index (χ3n) is 3.97. The summed E-state index contributed by atoms with van der Waals surface area (Å²) < 4.78 is 10.7. The van der Waals surface area contributed by atoms with Gasteiger partial charge in [-0.05, 0) is 31.2 Å². The summed E-state index contributed by atoms with van der Waals surface area (Å²) >= 11 is 0. The SMILES string of the molecule is Cc1ccc(CN(C)c2ccc(C(=O)NCc3noc(C(C)C)n3)cn2)o1. The molecule has 3 rings (SSSR count). The average molecular weight is 369 g/mol. The van der Waals surface area contributed by atoms with Gasteiger partial charge < -0.3 is 19.2 Å². The number of aryl methyl sites for hydroxylation is 1. The lowest BCUT2D eigenvalue weighted by atomic mass is 10.2. The Morgan fingerprint density at radius 2 is 2.07 bits per heavy atom. The molecule has 0 aliphatic heterocycles. The van der Waals surface area contributed by atoms with E-state index in [2.05, 4.69) is 20.4 Å². The highest BCUT2D eigenvalue weighted by atomic mass is 16.5. The molecule has 142 valence electrons. The van der Waals surface area contributed by atoms with Crippen LogP contribution in [0.25, 0.3) is 0 Å². The first kappa shape index (κ1) is 18.6. The van der Waals surface area contributed by atoms with Gasteiger partial charge in [-0.3, -0.25) is 4.79 Å². The van der Waals surface area contributed by atoms with Crippen molar-refractivity contribution < 1.29 is 13.7 Å². The third-order valence-corrected chi connectivity index (χ3v) is 3.97. The number of carbonyl (C=O) groups is 1. The van der Waals surface area contributed by atoms with Gasteiger partial charge in [0, 0.05) is 19.2 Å². The number of anilines is 1. The number of nitrogens with one attached hydrogen (secondary N) is 1. The van der Waals surface area contributed by atoms with Crippen LogP contribution in [-0.2, 0) is 13.1 Å². The number of amides is 1. The van der Waals surface area contributed by atoms with Crippen LogP contribution in [0.3, 0.4) is 0 Å². The summed E-state index contributed by atoms with van der Waals surface area (Å²) in [5.74, 6) is 3.40. The van der Waals surface area contributed by atoms with Crippen LogP contribution in [0.15, 0.2) is 39.4 Å². The van der Waals surface area contributed by atoms with E-state index in [9.17, 15) is 4.79 Å². The molecule has 0 atom stereocenters. The maximum absolute atomic E-state index is 12.3. The molecule has 0 aromatic carbocycles. The van der Waals surface area contributed by atoms with Gasteiger partial charge in [0.1, 0.15) is 17.3 Å². The number of aromatic nitrogens is 3. The number of pyridine rings is 1. The number of hydrogen-bond donors (Lipinski definition) is 1. The zero-order chi connectivity index (χ0) is 19.4. The van der Waals surface area contributed by atoms with Crippen molar-refractivity contribution in [3.63, 3.8) is 0 Å². The number of furan rings is 1. The standard InChI is InChI=1S/C19H23N5O3/c1-12(2)19-22-16(23-27-19)10-21-18(25)14-6-8-17(20-9-14)24(4)11-15-7-5-13(3)26-15/h5-9,12H,10-11H2,1-4H3,(H,21,25). The molecule has 0 aliphatic carbocycles. The van der Waals surface area contributed by atoms with Crippen molar-refractivity contribution >= 4 is 11.7 Å². The molecule has 0 saturated carbocycles. The van der Waals surface area contributed by atoms with E-state index in [4.69, 9.17) is 8.94 Å². The number of hydrogen-bond acceptors (Lipinski definition) is 7. The van der Waals surface area contributed by atoms with Crippen molar-refractivity contribution in [1.82, 2.24) is 20.4 Å². The first-order valence-corrected chi connectivity index (χ1v) is 8.75. The second kappa shape index (κ2) is 8.03. The van der Waals surface area contributed by atoms with Crippen molar-refractivity contribution in [3.05, 3.63) is 59.3 Å². The number of carbonyl (C=O) groups excluding carboxylic acids is 1. The summed E-state index contributed by atoms with van der Waals surface area (Å²) in [4.78, 5) is 22.8. The van der Waals surface area contributed by atoms with Crippen LogP contribution in [-0.4, -0.2) is 28.1 Å². The summed E-state index contributed by atoms with van der Waals surface area (Å²) in [5, 5.41) is 6.62. The Morgan fingerprint density at radius 3 is 2.67 bits per heavy atom. The Balaban J connectivity index is 1.56. The fourth-order valence-corrected chi connectivity index (χ4v) is 2.47. The highest BCUT2D eigenvalue weighted by Gasteiger charge is 2.13. The van der Waals surface area contributed by atoms with Crippen LogP contribution >= 0.6 is 0 Å². The molecule has 0 radical (unpaired) electrons. The van der Waals surface area contributed by atoms with E-state index in [1.807, 2.05) is 44.9 Å². The van der Waals surface area contributed by atoms with Crippen LogP contribution < -0.4 is 10.2 Å². The molecule has 8 heteroatoms. The summed E-state index contributed by atoms with van der Waals surface area (Å²) in [7, 11) is 1.92. The molecule has 3 heterocycles. The minimum atomic E-state index is -0.241. The third kappa shape index (κ3) is 4.72. The fourth-order valence-electron chi connectivity index (χ4n) is 2.47. The second-order valence-electron chi connectivity index (χ2n) is 6.66. The molecule has 1 N–H and O–H groups in total. The quantitative estimate of drug-likeness (QED) is 0.683. The lowest BCUT2D eigenvalue weighted by molar-refractivity contribution is 0.0949. The molecule has 0 saturated heterocycles. The van der Waals surface area contributed by atoms with E-state index in [1.54, 1.807) is 18.3 Å². The van der Waals surface area contributed by atoms with Crippen LogP contribution in [0.1, 0.15) is 53.4 Å². The Hall–Kier alpha value is -3.16. The summed E-state index contributed by atoms with van der Waals surface area (Å²) in [6.07, 6.45) is 1.55. The van der Waals surface area contributed by atoms with Gasteiger partial charge in [0.05, 0.1) is 18.7 Å². The molecule has 3 aromatic rings. The fraction of sp³-hybridized carbons (Fsp3) is 0.368. The van der Waals surface area contributed by atoms with Gasteiger partial charge in [-0.15, -0.1) is 0 Å². The van der Waals surface area contributed by atoms with Crippen molar-refractivity contribution in [3.8, 4) is 0 Å². The van der Waals surface area contributed by atoms with Crippen molar-refractivity contribution in [2.45, 2.75) is 39.8 Å². The van der Waals surface area contributed by atoms with E-state index in [1.165, 1.54) is 0 Å². The van der Waals surface area contributed by atoms with E-state index in [-0.39, 0.29) is 18.4 Å². The van der Waals surface area contributed by atoms with Crippen LogP contribution in [0.2, 0.25) is 0 Å². The minimum absolute atomic E-state index is 0.153. The molecule has 0 fully saturated rings. The lowest BCUT2D eigenvalue weighted by Crippen LogP contribution is -2.24. The Labute approximate surface area is 157 Å². The molecule has 0 unspecified atom stereocenters. The monoisotopic (exact) mass is 369 g/mol. The van der Waals surface area contributed by atoms with Crippen LogP contribution in [0.5, 0.6) is 0 Å². The molecule has 27 heavy (non-hydrogen) atoms. The lowest BCUT2D eigenvalue weighted by Gasteiger charge is -2.16. The molecule has 0 bridgehead atoms. The van der Waals surface area contributed by atoms with Crippen molar-refractivity contribution in [2.75, 3.05) is 11.9 Å². The molecule has 1 amide bonds.